The van der Waals surface area contributed by atoms with E-state index in [1.807, 2.05) is 39.0 Å². The number of anilines is 1. The molecule has 1 N–H and O–H groups in total. The lowest BCUT2D eigenvalue weighted by Crippen LogP contribution is -2.49. The van der Waals surface area contributed by atoms with Crippen LogP contribution in [0, 0.1) is 0 Å². The number of carbonyl (C=O) groups is 3. The molecular weight excluding hydrogens is 374 g/mol. The molecule has 4 amide bonds. The van der Waals surface area contributed by atoms with Gasteiger partial charge in [0.15, 0.2) is 0 Å². The number of urea groups is 1. The fourth-order valence-corrected chi connectivity index (χ4v) is 4.20. The summed E-state index contributed by atoms with van der Waals surface area (Å²) in [7, 11) is 0. The molecule has 3 aliphatic rings. The van der Waals surface area contributed by atoms with Crippen LogP contribution in [-0.4, -0.2) is 54.8 Å². The summed E-state index contributed by atoms with van der Waals surface area (Å²) in [6, 6.07) is 5.40. The molecule has 1 spiro atoms. The Labute approximate surface area is 170 Å². The summed E-state index contributed by atoms with van der Waals surface area (Å²) >= 11 is 0. The molecule has 0 atom stereocenters. The lowest BCUT2D eigenvalue weighted by Gasteiger charge is -2.39. The molecule has 2 saturated heterocycles. The average Bonchev–Trinajstić information content (AvgIpc) is 2.98. The van der Waals surface area contributed by atoms with Crippen molar-refractivity contribution < 1.29 is 23.9 Å². The minimum atomic E-state index is -0.503. The summed E-state index contributed by atoms with van der Waals surface area (Å²) in [6.45, 7) is 7.78. The smallest absolute Gasteiger partial charge is 0.410 e. The fraction of sp³-hybridized carbons (Fsp3) is 0.571. The summed E-state index contributed by atoms with van der Waals surface area (Å²) in [5, 5.41) is 2.34. The third-order valence-electron chi connectivity index (χ3n) is 5.78. The minimum absolute atomic E-state index is 0.119. The lowest BCUT2D eigenvalue weighted by atomic mass is 9.74. The van der Waals surface area contributed by atoms with Gasteiger partial charge in [-0.3, -0.25) is 15.0 Å². The number of amides is 4. The van der Waals surface area contributed by atoms with E-state index in [0.717, 1.165) is 29.8 Å². The van der Waals surface area contributed by atoms with E-state index in [4.69, 9.17) is 9.47 Å². The van der Waals surface area contributed by atoms with Gasteiger partial charge in [-0.15, -0.1) is 0 Å². The highest BCUT2D eigenvalue weighted by molar-refractivity contribution is 6.05. The van der Waals surface area contributed by atoms with Crippen LogP contribution in [0.4, 0.5) is 15.3 Å². The summed E-state index contributed by atoms with van der Waals surface area (Å²) in [6.07, 6.45) is 1.62. The zero-order valence-electron chi connectivity index (χ0n) is 17.1. The van der Waals surface area contributed by atoms with Gasteiger partial charge in [-0.05, 0) is 39.7 Å². The highest BCUT2D eigenvalue weighted by Gasteiger charge is 2.44. The van der Waals surface area contributed by atoms with E-state index in [2.05, 4.69) is 5.32 Å². The number of carbonyl (C=O) groups excluding carboxylic acids is 3. The first-order valence-corrected chi connectivity index (χ1v) is 10.0. The van der Waals surface area contributed by atoms with E-state index >= 15 is 0 Å². The molecule has 2 fully saturated rings. The number of likely N-dealkylation sites (tertiary alicyclic amines) is 1. The summed E-state index contributed by atoms with van der Waals surface area (Å²) < 4.78 is 11.5. The van der Waals surface area contributed by atoms with Crippen LogP contribution in [0.3, 0.4) is 0 Å². The van der Waals surface area contributed by atoms with Crippen LogP contribution in [0.1, 0.15) is 45.6 Å². The summed E-state index contributed by atoms with van der Waals surface area (Å²) in [5.74, 6) is 0.525. The molecule has 0 unspecified atom stereocenters. The van der Waals surface area contributed by atoms with E-state index in [1.165, 1.54) is 0 Å². The highest BCUT2D eigenvalue weighted by Crippen LogP contribution is 2.47. The topological polar surface area (TPSA) is 88.2 Å². The van der Waals surface area contributed by atoms with Gasteiger partial charge >= 0.3 is 12.1 Å². The average molecular weight is 401 g/mol. The van der Waals surface area contributed by atoms with Gasteiger partial charge in [0.1, 0.15) is 11.4 Å². The van der Waals surface area contributed by atoms with Crippen molar-refractivity contribution in [1.29, 1.82) is 0 Å². The third kappa shape index (κ3) is 3.75. The first-order valence-electron chi connectivity index (χ1n) is 10.0. The van der Waals surface area contributed by atoms with Gasteiger partial charge < -0.3 is 14.4 Å². The lowest BCUT2D eigenvalue weighted by molar-refractivity contribution is -0.120. The molecule has 0 aliphatic carbocycles. The number of fused-ring (bicyclic) bond motifs is 2. The van der Waals surface area contributed by atoms with Crippen LogP contribution in [0.2, 0.25) is 0 Å². The molecule has 29 heavy (non-hydrogen) atoms. The zero-order chi connectivity index (χ0) is 20.8. The van der Waals surface area contributed by atoms with Crippen LogP contribution in [0.5, 0.6) is 5.75 Å². The zero-order valence-corrected chi connectivity index (χ0v) is 17.1. The number of ether oxygens (including phenoxy) is 2. The molecule has 156 valence electrons. The molecule has 3 heterocycles. The quantitative estimate of drug-likeness (QED) is 0.782. The van der Waals surface area contributed by atoms with Gasteiger partial charge in [-0.1, -0.05) is 6.07 Å². The maximum absolute atomic E-state index is 12.3. The Morgan fingerprint density at radius 1 is 1.17 bits per heavy atom. The molecular formula is C21H27N3O5. The molecule has 8 nitrogen and oxygen atoms in total. The van der Waals surface area contributed by atoms with Gasteiger partial charge in [0, 0.05) is 48.8 Å². The number of nitrogens with zero attached hydrogens (tertiary/aromatic N) is 2. The van der Waals surface area contributed by atoms with Gasteiger partial charge in [0.25, 0.3) is 0 Å². The van der Waals surface area contributed by atoms with Gasteiger partial charge in [-0.25, -0.2) is 9.59 Å². The Hall–Kier alpha value is -2.77. The maximum Gasteiger partial charge on any atom is 0.410 e. The van der Waals surface area contributed by atoms with E-state index in [-0.39, 0.29) is 23.8 Å². The SMILES string of the molecule is CC(C)(C)OC(=O)N1CCC2(CC1)COc1cc(N3CCC(=O)NC3=O)ccc12. The van der Waals surface area contributed by atoms with Crippen LogP contribution >= 0.6 is 0 Å². The first-order chi connectivity index (χ1) is 13.7. The maximum atomic E-state index is 12.3. The molecule has 1 aromatic rings. The van der Waals surface area contributed by atoms with E-state index in [1.54, 1.807) is 9.80 Å². The van der Waals surface area contributed by atoms with Crippen LogP contribution in [0.15, 0.2) is 18.2 Å². The second kappa shape index (κ2) is 6.93. The molecule has 4 rings (SSSR count). The molecule has 0 saturated carbocycles. The van der Waals surface area contributed by atoms with Gasteiger partial charge in [0.2, 0.25) is 5.91 Å². The van der Waals surface area contributed by atoms with Gasteiger partial charge in [-0.2, -0.15) is 0 Å². The monoisotopic (exact) mass is 401 g/mol. The van der Waals surface area contributed by atoms with E-state index in [9.17, 15) is 14.4 Å². The molecule has 0 bridgehead atoms. The van der Waals surface area contributed by atoms with E-state index < -0.39 is 11.6 Å². The van der Waals surface area contributed by atoms with Crippen molar-refractivity contribution in [2.24, 2.45) is 0 Å². The Balaban J connectivity index is 1.46. The molecule has 8 heteroatoms. The van der Waals surface area contributed by atoms with Crippen LogP contribution in [-0.2, 0) is 14.9 Å². The van der Waals surface area contributed by atoms with E-state index in [0.29, 0.717) is 26.2 Å². The third-order valence-corrected chi connectivity index (χ3v) is 5.78. The van der Waals surface area contributed by atoms with Crippen LogP contribution in [0.25, 0.3) is 0 Å². The number of benzene rings is 1. The number of hydrogen-bond donors (Lipinski definition) is 1. The van der Waals surface area contributed by atoms with Crippen molar-refractivity contribution in [3.63, 3.8) is 0 Å². The Bertz CT molecular complexity index is 852. The van der Waals surface area contributed by atoms with Crippen molar-refractivity contribution in [2.75, 3.05) is 31.1 Å². The predicted molar refractivity (Wildman–Crippen MR) is 106 cm³/mol. The summed E-state index contributed by atoms with van der Waals surface area (Å²) in [4.78, 5) is 39.1. The standard InChI is InChI=1S/C21H27N3O5/c1-20(2,3)29-19(27)23-10-7-21(8-11-23)13-28-16-12-14(4-5-15(16)21)24-9-6-17(25)22-18(24)26/h4-5,12H,6-11,13H2,1-3H3,(H,22,25,26). The fourth-order valence-electron chi connectivity index (χ4n) is 4.20. The molecule has 1 aromatic carbocycles. The minimum Gasteiger partial charge on any atom is -0.492 e. The van der Waals surface area contributed by atoms with Crippen molar-refractivity contribution in [3.05, 3.63) is 23.8 Å². The number of piperidine rings is 1. The first kappa shape index (κ1) is 19.5. The van der Waals surface area contributed by atoms with Crippen LogP contribution < -0.4 is 15.0 Å². The second-order valence-electron chi connectivity index (χ2n) is 8.97. The second-order valence-corrected chi connectivity index (χ2v) is 8.97. The Kier molecular flexibility index (Phi) is 4.67. The number of nitrogens with one attached hydrogen (secondary N) is 1. The molecule has 0 radical (unpaired) electrons. The van der Waals surface area contributed by atoms with Crippen molar-refractivity contribution in [2.45, 2.75) is 51.0 Å². The molecule has 0 aromatic heterocycles. The van der Waals surface area contributed by atoms with Crippen molar-refractivity contribution >= 4 is 23.7 Å². The summed E-state index contributed by atoms with van der Waals surface area (Å²) in [5.41, 5.74) is 1.22. The van der Waals surface area contributed by atoms with Gasteiger partial charge in [0.05, 0.1) is 6.61 Å². The largest absolute Gasteiger partial charge is 0.492 e. The van der Waals surface area contributed by atoms with Crippen molar-refractivity contribution in [1.82, 2.24) is 10.2 Å². The van der Waals surface area contributed by atoms with Crippen molar-refractivity contribution in [3.8, 4) is 5.75 Å². The Morgan fingerprint density at radius 2 is 1.90 bits per heavy atom. The number of imide groups is 1. The molecule has 3 aliphatic heterocycles. The highest BCUT2D eigenvalue weighted by atomic mass is 16.6. The number of hydrogen-bond acceptors (Lipinski definition) is 5. The Morgan fingerprint density at radius 3 is 2.55 bits per heavy atom. The number of rotatable bonds is 1. The predicted octanol–water partition coefficient (Wildman–Crippen LogP) is 2.79. The normalized spacial score (nSPS) is 20.9.